The molecule has 1 aliphatic rings. The normalized spacial score (nSPS) is 19.4. The van der Waals surface area contributed by atoms with Gasteiger partial charge >= 0.3 is 0 Å². The van der Waals surface area contributed by atoms with Crippen LogP contribution in [0.4, 0.5) is 0 Å². The summed E-state index contributed by atoms with van der Waals surface area (Å²) < 4.78 is 0. The Hall–Kier alpha value is -0.450. The van der Waals surface area contributed by atoms with E-state index in [1.807, 2.05) is 18.8 Å². The second-order valence-corrected chi connectivity index (χ2v) is 5.86. The number of amides is 1. The number of aromatic nitrogens is 1. The van der Waals surface area contributed by atoms with Crippen LogP contribution in [0, 0.1) is 0 Å². The zero-order valence-corrected chi connectivity index (χ0v) is 11.6. The van der Waals surface area contributed by atoms with Crippen molar-refractivity contribution in [2.45, 2.75) is 12.5 Å². The Morgan fingerprint density at radius 1 is 1.59 bits per heavy atom. The lowest BCUT2D eigenvalue weighted by Gasteiger charge is -2.24. The minimum absolute atomic E-state index is 0.0909. The average molecular weight is 291 g/mol. The summed E-state index contributed by atoms with van der Waals surface area (Å²) in [7, 11) is 1.81. The van der Waals surface area contributed by atoms with Crippen LogP contribution < -0.4 is 0 Å². The molecule has 0 radical (unpaired) electrons. The first-order valence-electron chi connectivity index (χ1n) is 5.25. The van der Waals surface area contributed by atoms with Crippen molar-refractivity contribution in [2.75, 3.05) is 18.6 Å². The molecule has 0 spiro atoms. The first-order valence-corrected chi connectivity index (χ1v) is 7.16. The molecule has 3 nitrogen and oxygen atoms in total. The number of hydrogen-bond donors (Lipinski definition) is 0. The van der Waals surface area contributed by atoms with Gasteiger partial charge in [-0.05, 0) is 18.2 Å². The summed E-state index contributed by atoms with van der Waals surface area (Å²) in [6.45, 7) is 0. The van der Waals surface area contributed by atoms with Crippen molar-refractivity contribution in [2.24, 2.45) is 0 Å². The van der Waals surface area contributed by atoms with Crippen molar-refractivity contribution in [1.29, 1.82) is 0 Å². The van der Waals surface area contributed by atoms with E-state index in [1.54, 1.807) is 4.90 Å². The lowest BCUT2D eigenvalue weighted by atomic mass is 10.2. The number of carbonyl (C=O) groups excluding carboxylic acids is 1. The number of rotatable bonds is 2. The molecular weight excluding hydrogens is 279 g/mol. The monoisotopic (exact) mass is 290 g/mol. The highest BCUT2D eigenvalue weighted by Gasteiger charge is 2.26. The van der Waals surface area contributed by atoms with E-state index in [4.69, 9.17) is 23.2 Å². The summed E-state index contributed by atoms with van der Waals surface area (Å²) in [5.74, 6) is 2.00. The molecule has 0 saturated carbocycles. The van der Waals surface area contributed by atoms with E-state index in [9.17, 15) is 4.79 Å². The highest BCUT2D eigenvalue weighted by molar-refractivity contribution is 7.99. The van der Waals surface area contributed by atoms with Gasteiger partial charge in [-0.15, -0.1) is 0 Å². The molecule has 0 bridgehead atoms. The Labute approximate surface area is 114 Å². The molecule has 2 heterocycles. The van der Waals surface area contributed by atoms with E-state index in [2.05, 4.69) is 4.98 Å². The van der Waals surface area contributed by atoms with Crippen LogP contribution in [0.25, 0.3) is 0 Å². The maximum atomic E-state index is 12.3. The lowest BCUT2D eigenvalue weighted by molar-refractivity contribution is 0.0748. The van der Waals surface area contributed by atoms with Gasteiger partial charge < -0.3 is 4.90 Å². The molecule has 1 aromatic rings. The van der Waals surface area contributed by atoms with Crippen molar-refractivity contribution >= 4 is 40.9 Å². The van der Waals surface area contributed by atoms with Gasteiger partial charge in [0.1, 0.15) is 5.15 Å². The third-order valence-corrected chi connectivity index (χ3v) is 4.48. The molecule has 1 unspecified atom stereocenters. The van der Waals surface area contributed by atoms with Crippen LogP contribution in [0.15, 0.2) is 12.3 Å². The Bertz CT molecular complexity index is 435. The molecule has 6 heteroatoms. The third kappa shape index (κ3) is 2.87. The van der Waals surface area contributed by atoms with E-state index in [-0.39, 0.29) is 17.1 Å². The predicted molar refractivity (Wildman–Crippen MR) is 72.1 cm³/mol. The minimum atomic E-state index is -0.0909. The molecule has 17 heavy (non-hydrogen) atoms. The molecule has 1 amide bonds. The molecule has 0 aromatic carbocycles. The standard InChI is InChI=1S/C11H12Cl2N2OS/c1-15(7-2-3-17-6-7)11(16)8-4-10(13)14-5-9(8)12/h4-5,7H,2-3,6H2,1H3. The van der Waals surface area contributed by atoms with Crippen LogP contribution in [-0.2, 0) is 0 Å². The topological polar surface area (TPSA) is 33.2 Å². The summed E-state index contributed by atoms with van der Waals surface area (Å²) in [5.41, 5.74) is 0.422. The molecule has 92 valence electrons. The Morgan fingerprint density at radius 2 is 2.35 bits per heavy atom. The van der Waals surface area contributed by atoms with Gasteiger partial charge in [-0.1, -0.05) is 23.2 Å². The van der Waals surface area contributed by atoms with E-state index in [1.165, 1.54) is 12.3 Å². The van der Waals surface area contributed by atoms with Crippen LogP contribution >= 0.6 is 35.0 Å². The number of hydrogen-bond acceptors (Lipinski definition) is 3. The summed E-state index contributed by atoms with van der Waals surface area (Å²) in [6, 6.07) is 1.81. The van der Waals surface area contributed by atoms with Crippen LogP contribution in [0.1, 0.15) is 16.8 Å². The largest absolute Gasteiger partial charge is 0.338 e. The third-order valence-electron chi connectivity index (χ3n) is 2.83. The van der Waals surface area contributed by atoms with Crippen molar-refractivity contribution in [1.82, 2.24) is 9.88 Å². The summed E-state index contributed by atoms with van der Waals surface area (Å²) in [6.07, 6.45) is 2.44. The number of carbonyl (C=O) groups is 1. The van der Waals surface area contributed by atoms with Gasteiger partial charge in [0, 0.05) is 25.0 Å². The molecule has 1 fully saturated rings. The maximum absolute atomic E-state index is 12.3. The van der Waals surface area contributed by atoms with Gasteiger partial charge in [0.2, 0.25) is 0 Å². The number of nitrogens with zero attached hydrogens (tertiary/aromatic N) is 2. The fourth-order valence-corrected chi connectivity index (χ4v) is 3.37. The van der Waals surface area contributed by atoms with E-state index >= 15 is 0 Å². The summed E-state index contributed by atoms with van der Waals surface area (Å²) in [4.78, 5) is 17.8. The summed E-state index contributed by atoms with van der Waals surface area (Å²) >= 11 is 13.6. The van der Waals surface area contributed by atoms with Gasteiger partial charge in [-0.2, -0.15) is 11.8 Å². The average Bonchev–Trinajstić information content (AvgIpc) is 2.84. The molecule has 1 aromatic heterocycles. The second-order valence-electron chi connectivity index (χ2n) is 3.92. The second kappa shape index (κ2) is 5.46. The SMILES string of the molecule is CN(C(=O)c1cc(Cl)ncc1Cl)C1CCSC1. The zero-order chi connectivity index (χ0) is 12.4. The molecule has 1 saturated heterocycles. The molecule has 0 N–H and O–H groups in total. The highest BCUT2D eigenvalue weighted by atomic mass is 35.5. The first-order chi connectivity index (χ1) is 8.09. The minimum Gasteiger partial charge on any atom is -0.338 e. The van der Waals surface area contributed by atoms with Crippen LogP contribution in [0.3, 0.4) is 0 Å². The van der Waals surface area contributed by atoms with Crippen LogP contribution in [0.2, 0.25) is 10.2 Å². The fourth-order valence-electron chi connectivity index (χ4n) is 1.76. The van der Waals surface area contributed by atoms with Gasteiger partial charge in [0.15, 0.2) is 0 Å². The van der Waals surface area contributed by atoms with Gasteiger partial charge in [0.05, 0.1) is 10.6 Å². The first kappa shape index (κ1) is 13.0. The van der Waals surface area contributed by atoms with Crippen molar-refractivity contribution in [3.63, 3.8) is 0 Å². The van der Waals surface area contributed by atoms with Crippen molar-refractivity contribution < 1.29 is 4.79 Å². The van der Waals surface area contributed by atoms with Crippen LogP contribution in [0.5, 0.6) is 0 Å². The Morgan fingerprint density at radius 3 is 3.00 bits per heavy atom. The van der Waals surface area contributed by atoms with E-state index in [0.29, 0.717) is 10.6 Å². The lowest BCUT2D eigenvalue weighted by Crippen LogP contribution is -2.37. The van der Waals surface area contributed by atoms with Crippen molar-refractivity contribution in [3.8, 4) is 0 Å². The fraction of sp³-hybridized carbons (Fsp3) is 0.455. The zero-order valence-electron chi connectivity index (χ0n) is 9.32. The smallest absolute Gasteiger partial charge is 0.255 e. The van der Waals surface area contributed by atoms with Crippen molar-refractivity contribution in [3.05, 3.63) is 28.0 Å². The maximum Gasteiger partial charge on any atom is 0.255 e. The Kier molecular flexibility index (Phi) is 4.17. The molecule has 2 rings (SSSR count). The highest BCUT2D eigenvalue weighted by Crippen LogP contribution is 2.25. The Balaban J connectivity index is 2.20. The molecule has 1 atom stereocenters. The molecule has 1 aliphatic heterocycles. The number of thioether (sulfide) groups is 1. The summed E-state index contributed by atoms with van der Waals surface area (Å²) in [5, 5.41) is 0.629. The van der Waals surface area contributed by atoms with E-state index < -0.39 is 0 Å². The molecular formula is C11H12Cl2N2OS. The number of halogens is 2. The quantitative estimate of drug-likeness (QED) is 0.785. The molecule has 0 aliphatic carbocycles. The van der Waals surface area contributed by atoms with Gasteiger partial charge in [-0.25, -0.2) is 4.98 Å². The van der Waals surface area contributed by atoms with Gasteiger partial charge in [-0.3, -0.25) is 4.79 Å². The predicted octanol–water partition coefficient (Wildman–Crippen LogP) is 2.97. The van der Waals surface area contributed by atoms with E-state index in [0.717, 1.165) is 17.9 Å². The number of pyridine rings is 1. The van der Waals surface area contributed by atoms with Crippen LogP contribution in [-0.4, -0.2) is 40.4 Å². The van der Waals surface area contributed by atoms with Gasteiger partial charge in [0.25, 0.3) is 5.91 Å².